The molecule has 0 bridgehead atoms. The molecule has 0 spiro atoms. The van der Waals surface area contributed by atoms with E-state index in [1.165, 1.54) is 43.0 Å². The van der Waals surface area contributed by atoms with Gasteiger partial charge in [0.1, 0.15) is 11.5 Å². The van der Waals surface area contributed by atoms with E-state index in [1.54, 1.807) is 0 Å². The van der Waals surface area contributed by atoms with Gasteiger partial charge in [-0.2, -0.15) is 0 Å². The maximum atomic E-state index is 7.17. The first-order valence-corrected chi connectivity index (χ1v) is 26.1. The maximum Gasteiger partial charge on any atom is 0.256 e. The number of ether oxygens (including phenoxy) is 1. The van der Waals surface area contributed by atoms with E-state index in [-0.39, 0.29) is 13.4 Å². The number of rotatable bonds is 8. The van der Waals surface area contributed by atoms with Crippen molar-refractivity contribution >= 4 is 126 Å². The standard InChI is InChI=1S/C66H44B2N4OS/c1-7-23-45(24-8-1)69(46-25-9-2-10-26-46)51-39-59-65-62(41-51)73-61-37-21-19-35-53(61)67(65)55-43-58-56(44-57(55)71(59)49-31-15-5-16-32-49)68-54-36-20-22-38-63(54)74-64-42-52(40-60(66(64)68)72(58)50-33-17-6-18-34-50)70(47-27-11-3-12-28-47)48-29-13-4-14-30-48/h1-44H. The normalized spacial score (nSPS) is 13.1. The second-order valence-electron chi connectivity index (χ2n) is 19.2. The molecule has 4 aliphatic rings. The number of para-hydroxylation sites is 7. The smallest absolute Gasteiger partial charge is 0.256 e. The van der Waals surface area contributed by atoms with Gasteiger partial charge < -0.3 is 24.3 Å². The van der Waals surface area contributed by atoms with Crippen molar-refractivity contribution in [2.75, 3.05) is 19.6 Å². The second kappa shape index (κ2) is 17.3. The molecule has 0 aliphatic carbocycles. The summed E-state index contributed by atoms with van der Waals surface area (Å²) in [6, 6.07) is 97.1. The van der Waals surface area contributed by atoms with Crippen molar-refractivity contribution in [2.45, 2.75) is 9.79 Å². The number of benzene rings is 11. The molecule has 5 nitrogen and oxygen atoms in total. The van der Waals surface area contributed by atoms with Gasteiger partial charge in [-0.1, -0.05) is 163 Å². The Morgan fingerprint density at radius 1 is 0.297 bits per heavy atom. The van der Waals surface area contributed by atoms with Gasteiger partial charge in [0, 0.05) is 78.4 Å². The summed E-state index contributed by atoms with van der Waals surface area (Å²) < 4.78 is 7.17. The van der Waals surface area contributed by atoms with Gasteiger partial charge >= 0.3 is 0 Å². The van der Waals surface area contributed by atoms with E-state index < -0.39 is 0 Å². The molecule has 11 aromatic rings. The van der Waals surface area contributed by atoms with E-state index in [4.69, 9.17) is 4.74 Å². The highest BCUT2D eigenvalue weighted by atomic mass is 32.2. The van der Waals surface area contributed by atoms with Crippen molar-refractivity contribution in [2.24, 2.45) is 0 Å². The van der Waals surface area contributed by atoms with Crippen molar-refractivity contribution in [3.8, 4) is 11.5 Å². The summed E-state index contributed by atoms with van der Waals surface area (Å²) in [6.45, 7) is -0.189. The van der Waals surface area contributed by atoms with E-state index in [1.807, 2.05) is 11.8 Å². The van der Waals surface area contributed by atoms with Crippen LogP contribution in [0, 0.1) is 0 Å². The molecule has 0 unspecified atom stereocenters. The average molecular weight is 963 g/mol. The van der Waals surface area contributed by atoms with E-state index in [2.05, 4.69) is 287 Å². The zero-order valence-corrected chi connectivity index (χ0v) is 41.0. The van der Waals surface area contributed by atoms with Crippen LogP contribution in [-0.4, -0.2) is 13.4 Å². The predicted octanol–water partition coefficient (Wildman–Crippen LogP) is 13.8. The molecule has 0 aromatic heterocycles. The molecule has 0 saturated carbocycles. The molecular weight excluding hydrogens is 918 g/mol. The minimum atomic E-state index is -0.136. The number of hydrogen-bond acceptors (Lipinski definition) is 6. The van der Waals surface area contributed by atoms with E-state index in [9.17, 15) is 0 Å². The highest BCUT2D eigenvalue weighted by Crippen LogP contribution is 2.50. The Bertz CT molecular complexity index is 3610. The Morgan fingerprint density at radius 2 is 0.703 bits per heavy atom. The molecule has 346 valence electrons. The fraction of sp³-hybridized carbons (Fsp3) is 0. The Labute approximate surface area is 436 Å². The molecule has 0 radical (unpaired) electrons. The molecule has 0 amide bonds. The summed E-state index contributed by atoms with van der Waals surface area (Å²) in [5.74, 6) is 1.72. The van der Waals surface area contributed by atoms with Gasteiger partial charge in [-0.3, -0.25) is 0 Å². The van der Waals surface area contributed by atoms with Crippen molar-refractivity contribution < 1.29 is 4.74 Å². The van der Waals surface area contributed by atoms with Crippen LogP contribution in [0.1, 0.15) is 0 Å². The summed E-state index contributed by atoms with van der Waals surface area (Å²) >= 11 is 1.88. The Morgan fingerprint density at radius 3 is 1.22 bits per heavy atom. The molecule has 0 atom stereocenters. The van der Waals surface area contributed by atoms with Gasteiger partial charge in [-0.05, 0) is 143 Å². The Hall–Kier alpha value is -9.10. The summed E-state index contributed by atoms with van der Waals surface area (Å²) in [5, 5.41) is 0. The van der Waals surface area contributed by atoms with Crippen LogP contribution in [0.3, 0.4) is 0 Å². The van der Waals surface area contributed by atoms with Crippen LogP contribution < -0.4 is 57.1 Å². The molecule has 0 saturated heterocycles. The molecule has 0 fully saturated rings. The quantitative estimate of drug-likeness (QED) is 0.141. The first-order chi connectivity index (χ1) is 36.7. The fourth-order valence-corrected chi connectivity index (χ4v) is 13.2. The van der Waals surface area contributed by atoms with Gasteiger partial charge in [0.25, 0.3) is 6.71 Å². The largest absolute Gasteiger partial charge is 0.458 e. The van der Waals surface area contributed by atoms with E-state index in [0.717, 1.165) is 79.3 Å². The van der Waals surface area contributed by atoms with Crippen molar-refractivity contribution in [3.05, 3.63) is 267 Å². The lowest BCUT2D eigenvalue weighted by molar-refractivity contribution is 0.487. The molecular formula is C66H44B2N4OS. The second-order valence-corrected chi connectivity index (χ2v) is 20.3. The van der Waals surface area contributed by atoms with Crippen molar-refractivity contribution in [3.63, 3.8) is 0 Å². The fourth-order valence-electron chi connectivity index (χ4n) is 12.0. The van der Waals surface area contributed by atoms with Crippen LogP contribution in [0.4, 0.5) is 68.2 Å². The highest BCUT2D eigenvalue weighted by molar-refractivity contribution is 8.00. The number of fused-ring (bicyclic) bond motifs is 8. The molecule has 0 N–H and O–H groups in total. The monoisotopic (exact) mass is 962 g/mol. The maximum absolute atomic E-state index is 7.17. The zero-order chi connectivity index (χ0) is 48.7. The van der Waals surface area contributed by atoms with Crippen LogP contribution in [-0.2, 0) is 0 Å². The van der Waals surface area contributed by atoms with Crippen LogP contribution in [0.2, 0.25) is 0 Å². The van der Waals surface area contributed by atoms with Gasteiger partial charge in [0.2, 0.25) is 6.71 Å². The van der Waals surface area contributed by atoms with Crippen LogP contribution in [0.25, 0.3) is 0 Å². The minimum Gasteiger partial charge on any atom is -0.458 e. The predicted molar refractivity (Wildman–Crippen MR) is 312 cm³/mol. The van der Waals surface area contributed by atoms with Gasteiger partial charge in [0.15, 0.2) is 0 Å². The lowest BCUT2D eigenvalue weighted by Crippen LogP contribution is -2.63. The molecule has 15 rings (SSSR count). The summed E-state index contributed by atoms with van der Waals surface area (Å²) in [5.41, 5.74) is 20.7. The first kappa shape index (κ1) is 42.6. The van der Waals surface area contributed by atoms with Crippen LogP contribution in [0.5, 0.6) is 11.5 Å². The Balaban J connectivity index is 1.03. The van der Waals surface area contributed by atoms with E-state index >= 15 is 0 Å². The highest BCUT2D eigenvalue weighted by Gasteiger charge is 2.47. The van der Waals surface area contributed by atoms with E-state index in [0.29, 0.717) is 0 Å². The molecule has 4 heterocycles. The van der Waals surface area contributed by atoms with Gasteiger partial charge in [-0.25, -0.2) is 0 Å². The third-order valence-corrected chi connectivity index (χ3v) is 16.2. The zero-order valence-electron chi connectivity index (χ0n) is 40.2. The molecule has 11 aromatic carbocycles. The lowest BCUT2D eigenvalue weighted by Gasteiger charge is -2.45. The summed E-state index contributed by atoms with van der Waals surface area (Å²) in [6.07, 6.45) is 0. The lowest BCUT2D eigenvalue weighted by atomic mass is 9.32. The molecule has 4 aliphatic heterocycles. The summed E-state index contributed by atoms with van der Waals surface area (Å²) in [7, 11) is 0. The summed E-state index contributed by atoms with van der Waals surface area (Å²) in [4.78, 5) is 12.3. The molecule has 74 heavy (non-hydrogen) atoms. The third-order valence-electron chi connectivity index (χ3n) is 15.1. The van der Waals surface area contributed by atoms with Crippen molar-refractivity contribution in [1.29, 1.82) is 0 Å². The number of hydrogen-bond donors (Lipinski definition) is 0. The number of nitrogens with zero attached hydrogens (tertiary/aromatic N) is 4. The molecule has 8 heteroatoms. The van der Waals surface area contributed by atoms with Crippen LogP contribution in [0.15, 0.2) is 277 Å². The first-order valence-electron chi connectivity index (χ1n) is 25.3. The van der Waals surface area contributed by atoms with Crippen LogP contribution >= 0.6 is 11.8 Å². The third kappa shape index (κ3) is 6.75. The van der Waals surface area contributed by atoms with Gasteiger partial charge in [-0.15, -0.1) is 0 Å². The average Bonchev–Trinajstić information content (AvgIpc) is 3.55. The minimum absolute atomic E-state index is 0.0526. The topological polar surface area (TPSA) is 22.2 Å². The van der Waals surface area contributed by atoms with Gasteiger partial charge in [0.05, 0.1) is 5.69 Å². The Kier molecular flexibility index (Phi) is 9.95. The number of anilines is 12. The SMILES string of the molecule is c1ccc(N(c2ccccc2)c2cc3c4c(c2)N(c2ccccc2)c2cc5c(cc2B4c2ccccc2O3)N(c2ccccc2)c2cc(N(c3ccccc3)c3ccccc3)cc3c2B5c2ccccc2S3)cc1. The van der Waals surface area contributed by atoms with Crippen molar-refractivity contribution in [1.82, 2.24) is 0 Å².